The average Bonchev–Trinajstić information content (AvgIpc) is 2.74. The van der Waals surface area contributed by atoms with Crippen molar-refractivity contribution in [2.24, 2.45) is 0 Å². The zero-order valence-electron chi connectivity index (χ0n) is 9.92. The molecule has 0 aromatic heterocycles. The van der Waals surface area contributed by atoms with Crippen LogP contribution in [0.5, 0.6) is 0 Å². The zero-order chi connectivity index (χ0) is 11.3. The molecule has 1 N–H and O–H groups in total. The maximum absolute atomic E-state index is 3.55. The van der Waals surface area contributed by atoms with Gasteiger partial charge in [-0.3, -0.25) is 0 Å². The van der Waals surface area contributed by atoms with Crippen LogP contribution in [-0.2, 0) is 0 Å². The van der Waals surface area contributed by atoms with Gasteiger partial charge >= 0.3 is 0 Å². The lowest BCUT2D eigenvalue weighted by atomic mass is 10.0. The molecule has 1 nitrogen and oxygen atoms in total. The molecule has 0 saturated heterocycles. The van der Waals surface area contributed by atoms with Gasteiger partial charge in [-0.2, -0.15) is 0 Å². The van der Waals surface area contributed by atoms with Crippen molar-refractivity contribution in [2.75, 3.05) is 6.54 Å². The largest absolute Gasteiger partial charge is 0.301 e. The molecule has 1 saturated carbocycles. The summed E-state index contributed by atoms with van der Waals surface area (Å²) in [5, 5.41) is 3.55. The molecule has 0 bridgehead atoms. The van der Waals surface area contributed by atoms with Crippen molar-refractivity contribution >= 4 is 0 Å². The molecule has 1 aromatic rings. The lowest BCUT2D eigenvalue weighted by molar-refractivity contribution is 0.385. The highest BCUT2D eigenvalue weighted by Crippen LogP contribution is 2.28. The molecular formula is C15H19N. The number of hydrogen-bond acceptors (Lipinski definition) is 1. The molecule has 2 rings (SSSR count). The highest BCUT2D eigenvalue weighted by atomic mass is 15.0. The Morgan fingerprint density at radius 1 is 1.19 bits per heavy atom. The van der Waals surface area contributed by atoms with Gasteiger partial charge in [0.05, 0.1) is 6.54 Å². The van der Waals surface area contributed by atoms with Gasteiger partial charge in [0.15, 0.2) is 0 Å². The predicted molar refractivity (Wildman–Crippen MR) is 68.2 cm³/mol. The standard InChI is InChI=1S/C15H19N/c1-15(11-5-6-12-15)16-13-7-10-14-8-3-2-4-9-14/h2-4,8-9,16H,5-6,11-13H2,1H3. The molecule has 1 aliphatic rings. The number of nitrogens with one attached hydrogen (secondary N) is 1. The molecule has 0 unspecified atom stereocenters. The van der Waals surface area contributed by atoms with E-state index in [-0.39, 0.29) is 0 Å². The van der Waals surface area contributed by atoms with E-state index in [1.54, 1.807) is 0 Å². The van der Waals surface area contributed by atoms with Crippen molar-refractivity contribution in [3.63, 3.8) is 0 Å². The van der Waals surface area contributed by atoms with Crippen LogP contribution in [0.2, 0.25) is 0 Å². The summed E-state index contributed by atoms with van der Waals surface area (Å²) >= 11 is 0. The minimum Gasteiger partial charge on any atom is -0.301 e. The molecule has 0 spiro atoms. The van der Waals surface area contributed by atoms with E-state index in [1.807, 2.05) is 30.3 Å². The summed E-state index contributed by atoms with van der Waals surface area (Å²) in [4.78, 5) is 0. The van der Waals surface area contributed by atoms with Gasteiger partial charge in [-0.05, 0) is 31.9 Å². The lowest BCUT2D eigenvalue weighted by Gasteiger charge is -2.23. The fourth-order valence-corrected chi connectivity index (χ4v) is 2.26. The fourth-order valence-electron chi connectivity index (χ4n) is 2.26. The van der Waals surface area contributed by atoms with E-state index in [0.717, 1.165) is 12.1 Å². The van der Waals surface area contributed by atoms with E-state index in [4.69, 9.17) is 0 Å². The van der Waals surface area contributed by atoms with Crippen LogP contribution in [0.4, 0.5) is 0 Å². The van der Waals surface area contributed by atoms with E-state index in [9.17, 15) is 0 Å². The van der Waals surface area contributed by atoms with Crippen molar-refractivity contribution in [1.29, 1.82) is 0 Å². The second-order valence-corrected chi connectivity index (χ2v) is 4.79. The Morgan fingerprint density at radius 2 is 1.88 bits per heavy atom. The summed E-state index contributed by atoms with van der Waals surface area (Å²) in [5.74, 6) is 6.37. The van der Waals surface area contributed by atoms with Gasteiger partial charge in [-0.15, -0.1) is 0 Å². The van der Waals surface area contributed by atoms with Gasteiger partial charge in [0.25, 0.3) is 0 Å². The third-order valence-corrected chi connectivity index (χ3v) is 3.32. The monoisotopic (exact) mass is 213 g/mol. The molecular weight excluding hydrogens is 194 g/mol. The first-order valence-corrected chi connectivity index (χ1v) is 6.07. The second-order valence-electron chi connectivity index (χ2n) is 4.79. The lowest BCUT2D eigenvalue weighted by Crippen LogP contribution is -2.39. The fraction of sp³-hybridized carbons (Fsp3) is 0.467. The molecule has 16 heavy (non-hydrogen) atoms. The summed E-state index contributed by atoms with van der Waals surface area (Å²) in [6.07, 6.45) is 5.30. The normalized spacial score (nSPS) is 17.8. The van der Waals surface area contributed by atoms with Gasteiger partial charge in [-0.25, -0.2) is 0 Å². The first-order chi connectivity index (χ1) is 7.79. The van der Waals surface area contributed by atoms with Gasteiger partial charge in [0.1, 0.15) is 0 Å². The molecule has 0 heterocycles. The van der Waals surface area contributed by atoms with Gasteiger partial charge in [0, 0.05) is 11.1 Å². The van der Waals surface area contributed by atoms with Crippen molar-refractivity contribution < 1.29 is 0 Å². The molecule has 1 heteroatoms. The predicted octanol–water partition coefficient (Wildman–Crippen LogP) is 2.96. The van der Waals surface area contributed by atoms with Crippen molar-refractivity contribution in [1.82, 2.24) is 5.32 Å². The van der Waals surface area contributed by atoms with E-state index >= 15 is 0 Å². The molecule has 1 aromatic carbocycles. The molecule has 0 atom stereocenters. The number of rotatable bonds is 2. The van der Waals surface area contributed by atoms with E-state index in [2.05, 4.69) is 24.1 Å². The van der Waals surface area contributed by atoms with Crippen molar-refractivity contribution in [3.8, 4) is 11.8 Å². The Kier molecular flexibility index (Phi) is 3.64. The van der Waals surface area contributed by atoms with Crippen molar-refractivity contribution in [2.45, 2.75) is 38.1 Å². The third kappa shape index (κ3) is 3.12. The Balaban J connectivity index is 1.82. The Hall–Kier alpha value is -1.26. The second kappa shape index (κ2) is 5.18. The summed E-state index contributed by atoms with van der Waals surface area (Å²) in [7, 11) is 0. The molecule has 1 aliphatic carbocycles. The van der Waals surface area contributed by atoms with Gasteiger partial charge in [-0.1, -0.05) is 42.9 Å². The smallest absolute Gasteiger partial charge is 0.0584 e. The van der Waals surface area contributed by atoms with Crippen LogP contribution in [0.3, 0.4) is 0 Å². The quantitative estimate of drug-likeness (QED) is 0.745. The molecule has 0 radical (unpaired) electrons. The summed E-state index contributed by atoms with van der Waals surface area (Å²) < 4.78 is 0. The summed E-state index contributed by atoms with van der Waals surface area (Å²) in [6, 6.07) is 10.2. The van der Waals surface area contributed by atoms with Crippen LogP contribution >= 0.6 is 0 Å². The molecule has 0 aliphatic heterocycles. The molecule has 84 valence electrons. The van der Waals surface area contributed by atoms with Gasteiger partial charge < -0.3 is 5.32 Å². The van der Waals surface area contributed by atoms with Crippen molar-refractivity contribution in [3.05, 3.63) is 35.9 Å². The van der Waals surface area contributed by atoms with Crippen LogP contribution in [0, 0.1) is 11.8 Å². The van der Waals surface area contributed by atoms with Crippen LogP contribution in [0.25, 0.3) is 0 Å². The average molecular weight is 213 g/mol. The summed E-state index contributed by atoms with van der Waals surface area (Å²) in [5.41, 5.74) is 1.44. The Labute approximate surface area is 98.3 Å². The van der Waals surface area contributed by atoms with Crippen LogP contribution in [0.1, 0.15) is 38.2 Å². The van der Waals surface area contributed by atoms with Gasteiger partial charge in [0.2, 0.25) is 0 Å². The number of hydrogen-bond donors (Lipinski definition) is 1. The Bertz CT molecular complexity index is 377. The van der Waals surface area contributed by atoms with E-state index in [0.29, 0.717) is 5.54 Å². The van der Waals surface area contributed by atoms with Crippen LogP contribution in [0.15, 0.2) is 30.3 Å². The maximum atomic E-state index is 3.55. The van der Waals surface area contributed by atoms with Crippen LogP contribution < -0.4 is 5.32 Å². The SMILES string of the molecule is CC1(NCC#Cc2ccccc2)CCCC1. The van der Waals surface area contributed by atoms with E-state index in [1.165, 1.54) is 25.7 Å². The highest BCUT2D eigenvalue weighted by Gasteiger charge is 2.26. The highest BCUT2D eigenvalue weighted by molar-refractivity contribution is 5.33. The topological polar surface area (TPSA) is 12.0 Å². The first kappa shape index (κ1) is 11.2. The zero-order valence-corrected chi connectivity index (χ0v) is 9.92. The minimum atomic E-state index is 0.339. The molecule has 0 amide bonds. The van der Waals surface area contributed by atoms with E-state index < -0.39 is 0 Å². The number of benzene rings is 1. The minimum absolute atomic E-state index is 0.339. The maximum Gasteiger partial charge on any atom is 0.0584 e. The molecule has 1 fully saturated rings. The first-order valence-electron chi connectivity index (χ1n) is 6.07. The Morgan fingerprint density at radius 3 is 2.56 bits per heavy atom. The third-order valence-electron chi connectivity index (χ3n) is 3.32. The summed E-state index contributed by atoms with van der Waals surface area (Å²) in [6.45, 7) is 3.11. The van der Waals surface area contributed by atoms with Crippen LogP contribution in [-0.4, -0.2) is 12.1 Å².